The van der Waals surface area contributed by atoms with Crippen molar-refractivity contribution in [1.29, 1.82) is 5.26 Å². The molecule has 2 aromatic heterocycles. The number of para-hydroxylation sites is 1. The van der Waals surface area contributed by atoms with Crippen LogP contribution < -0.4 is 16.0 Å². The predicted octanol–water partition coefficient (Wildman–Crippen LogP) is 2.80. The summed E-state index contributed by atoms with van der Waals surface area (Å²) in [6.07, 6.45) is 5.38. The summed E-state index contributed by atoms with van der Waals surface area (Å²) in [4.78, 5) is 9.61. The smallest absolute Gasteiger partial charge is 0.140 e. The molecule has 6 heteroatoms. The van der Waals surface area contributed by atoms with Gasteiger partial charge in [-0.05, 0) is 31.0 Å². The van der Waals surface area contributed by atoms with Gasteiger partial charge in [-0.1, -0.05) is 18.2 Å². The fraction of sp³-hybridized carbons (Fsp3) is 0.263. The van der Waals surface area contributed by atoms with Crippen LogP contribution in [0.2, 0.25) is 0 Å². The lowest BCUT2D eigenvalue weighted by molar-refractivity contribution is 0.467. The molecule has 0 amide bonds. The quantitative estimate of drug-likeness (QED) is 0.683. The Labute approximate surface area is 146 Å². The second-order valence-electron chi connectivity index (χ2n) is 6.45. The molecule has 0 spiro atoms. The Hall–Kier alpha value is -3.04. The highest BCUT2D eigenvalue weighted by Gasteiger charge is 2.38. The predicted molar refractivity (Wildman–Crippen MR) is 99.2 cm³/mol. The number of anilines is 2. The van der Waals surface area contributed by atoms with Crippen LogP contribution in [-0.2, 0) is 0 Å². The Balaban J connectivity index is 1.68. The van der Waals surface area contributed by atoms with Crippen LogP contribution in [0.15, 0.2) is 48.8 Å². The molecule has 4 rings (SSSR count). The number of aromatic amines is 1. The fourth-order valence-corrected chi connectivity index (χ4v) is 3.61. The van der Waals surface area contributed by atoms with E-state index in [1.807, 2.05) is 36.4 Å². The number of nitrogens with two attached hydrogens (primary N) is 1. The minimum Gasteiger partial charge on any atom is -0.381 e. The van der Waals surface area contributed by atoms with Gasteiger partial charge in [-0.25, -0.2) is 4.98 Å². The van der Waals surface area contributed by atoms with Gasteiger partial charge in [0.15, 0.2) is 0 Å². The molecule has 1 fully saturated rings. The van der Waals surface area contributed by atoms with Gasteiger partial charge in [0, 0.05) is 24.6 Å². The second-order valence-corrected chi connectivity index (χ2v) is 6.45. The number of rotatable bonds is 4. The average Bonchev–Trinajstić information content (AvgIpc) is 3.24. The summed E-state index contributed by atoms with van der Waals surface area (Å²) in [6, 6.07) is 14.3. The maximum atomic E-state index is 9.41. The molecule has 0 aliphatic carbocycles. The zero-order chi connectivity index (χ0) is 17.3. The molecule has 6 nitrogen and oxygen atoms in total. The third-order valence-corrected chi connectivity index (χ3v) is 4.86. The number of hydrogen-bond donors (Lipinski definition) is 3. The molecule has 25 heavy (non-hydrogen) atoms. The number of pyridine rings is 1. The highest BCUT2D eigenvalue weighted by Crippen LogP contribution is 2.36. The Morgan fingerprint density at radius 1 is 1.32 bits per heavy atom. The van der Waals surface area contributed by atoms with Gasteiger partial charge in [-0.2, -0.15) is 5.26 Å². The number of fused-ring (bicyclic) bond motifs is 1. The maximum Gasteiger partial charge on any atom is 0.140 e. The summed E-state index contributed by atoms with van der Waals surface area (Å²) in [5, 5.41) is 13.7. The van der Waals surface area contributed by atoms with Gasteiger partial charge >= 0.3 is 0 Å². The molecule has 1 atom stereocenters. The van der Waals surface area contributed by atoms with Gasteiger partial charge in [0.2, 0.25) is 0 Å². The molecular weight excluding hydrogens is 312 g/mol. The summed E-state index contributed by atoms with van der Waals surface area (Å²) >= 11 is 0. The first-order valence-electron chi connectivity index (χ1n) is 8.43. The molecule has 0 saturated carbocycles. The minimum absolute atomic E-state index is 0.506. The zero-order valence-corrected chi connectivity index (χ0v) is 13.9. The highest BCUT2D eigenvalue weighted by molar-refractivity contribution is 5.95. The molecule has 1 aromatic carbocycles. The standard InChI is InChI=1S/C19H20N6/c20-11-14-12-23-18-17(14)16(7-9-22-18)25-10-4-8-19(25,21)13-24-15-5-2-1-3-6-15/h1-3,5-7,9,12,24H,4,8,10,13,21H2,(H,22,23)/t19-/m0/s1. The number of aromatic nitrogens is 2. The molecule has 3 aromatic rings. The van der Waals surface area contributed by atoms with Gasteiger partial charge < -0.3 is 20.9 Å². The van der Waals surface area contributed by atoms with Crippen LogP contribution in [0.1, 0.15) is 18.4 Å². The van der Waals surface area contributed by atoms with E-state index in [0.29, 0.717) is 12.1 Å². The SMILES string of the molecule is N#Cc1c[nH]c2nccc(N3CCC[C@@]3(N)CNc3ccccc3)c12. The van der Waals surface area contributed by atoms with Crippen LogP contribution in [0.4, 0.5) is 11.4 Å². The Morgan fingerprint density at radius 3 is 2.96 bits per heavy atom. The number of benzene rings is 1. The first kappa shape index (κ1) is 15.5. The van der Waals surface area contributed by atoms with E-state index >= 15 is 0 Å². The first-order chi connectivity index (χ1) is 12.2. The summed E-state index contributed by atoms with van der Waals surface area (Å²) < 4.78 is 0. The van der Waals surface area contributed by atoms with Crippen LogP contribution in [-0.4, -0.2) is 28.7 Å². The van der Waals surface area contributed by atoms with Crippen LogP contribution in [0, 0.1) is 11.3 Å². The van der Waals surface area contributed by atoms with Gasteiger partial charge in [-0.15, -0.1) is 0 Å². The molecular formula is C19H20N6. The maximum absolute atomic E-state index is 9.41. The largest absolute Gasteiger partial charge is 0.381 e. The van der Waals surface area contributed by atoms with Gasteiger partial charge in [0.1, 0.15) is 17.4 Å². The molecule has 1 aliphatic heterocycles. The monoisotopic (exact) mass is 332 g/mol. The van der Waals surface area contributed by atoms with Crippen molar-refractivity contribution >= 4 is 22.4 Å². The third kappa shape index (κ3) is 2.69. The topological polar surface area (TPSA) is 93.8 Å². The molecule has 0 bridgehead atoms. The van der Waals surface area contributed by atoms with Crippen molar-refractivity contribution in [3.8, 4) is 6.07 Å². The lowest BCUT2D eigenvalue weighted by Gasteiger charge is -2.37. The molecule has 0 radical (unpaired) electrons. The van der Waals surface area contributed by atoms with E-state index in [1.165, 1.54) is 0 Å². The zero-order valence-electron chi connectivity index (χ0n) is 13.9. The summed E-state index contributed by atoms with van der Waals surface area (Å²) in [5.41, 5.74) is 9.62. The third-order valence-electron chi connectivity index (χ3n) is 4.86. The van der Waals surface area contributed by atoms with Crippen molar-refractivity contribution in [3.63, 3.8) is 0 Å². The number of H-pyrrole nitrogens is 1. The Kier molecular flexibility index (Phi) is 3.79. The molecule has 1 aliphatic rings. The lowest BCUT2D eigenvalue weighted by atomic mass is 10.1. The molecule has 1 saturated heterocycles. The van der Waals surface area contributed by atoms with Gasteiger partial charge in [0.05, 0.1) is 23.2 Å². The molecule has 4 N–H and O–H groups in total. The van der Waals surface area contributed by atoms with E-state index < -0.39 is 5.66 Å². The Bertz CT molecular complexity index is 926. The van der Waals surface area contributed by atoms with Crippen molar-refractivity contribution in [1.82, 2.24) is 9.97 Å². The van der Waals surface area contributed by atoms with Gasteiger partial charge in [-0.3, -0.25) is 0 Å². The number of nitrogens with one attached hydrogen (secondary N) is 2. The summed E-state index contributed by atoms with van der Waals surface area (Å²) in [6.45, 7) is 1.50. The fourth-order valence-electron chi connectivity index (χ4n) is 3.61. The number of nitrogens with zero attached hydrogens (tertiary/aromatic N) is 3. The van der Waals surface area contributed by atoms with Crippen LogP contribution in [0.3, 0.4) is 0 Å². The lowest BCUT2D eigenvalue weighted by Crippen LogP contribution is -2.57. The van der Waals surface area contributed by atoms with E-state index in [0.717, 1.165) is 41.8 Å². The highest BCUT2D eigenvalue weighted by atomic mass is 15.3. The molecule has 0 unspecified atom stereocenters. The normalized spacial score (nSPS) is 19.9. The average molecular weight is 332 g/mol. The van der Waals surface area contributed by atoms with Crippen molar-refractivity contribution in [2.75, 3.05) is 23.3 Å². The Morgan fingerprint density at radius 2 is 2.16 bits per heavy atom. The summed E-state index contributed by atoms with van der Waals surface area (Å²) in [7, 11) is 0. The molecule has 3 heterocycles. The van der Waals surface area contributed by atoms with Crippen molar-refractivity contribution < 1.29 is 0 Å². The van der Waals surface area contributed by atoms with E-state index in [4.69, 9.17) is 5.73 Å². The van der Waals surface area contributed by atoms with E-state index in [-0.39, 0.29) is 0 Å². The van der Waals surface area contributed by atoms with Crippen molar-refractivity contribution in [3.05, 3.63) is 54.4 Å². The van der Waals surface area contributed by atoms with E-state index in [2.05, 4.69) is 26.3 Å². The van der Waals surface area contributed by atoms with Crippen LogP contribution in [0.25, 0.3) is 11.0 Å². The van der Waals surface area contributed by atoms with Crippen molar-refractivity contribution in [2.45, 2.75) is 18.5 Å². The van der Waals surface area contributed by atoms with Gasteiger partial charge in [0.25, 0.3) is 0 Å². The van der Waals surface area contributed by atoms with E-state index in [9.17, 15) is 5.26 Å². The van der Waals surface area contributed by atoms with Crippen molar-refractivity contribution in [2.24, 2.45) is 5.73 Å². The van der Waals surface area contributed by atoms with E-state index in [1.54, 1.807) is 12.4 Å². The minimum atomic E-state index is -0.506. The second kappa shape index (κ2) is 6.11. The van der Waals surface area contributed by atoms with Crippen LogP contribution >= 0.6 is 0 Å². The van der Waals surface area contributed by atoms with Crippen LogP contribution in [0.5, 0.6) is 0 Å². The molecule has 126 valence electrons. The first-order valence-corrected chi connectivity index (χ1v) is 8.43. The number of nitriles is 1. The summed E-state index contributed by atoms with van der Waals surface area (Å²) in [5.74, 6) is 0. The number of hydrogen-bond acceptors (Lipinski definition) is 5.